The second-order valence-corrected chi connectivity index (χ2v) is 7.33. The SMILES string of the molecule is CC(=O)N[C@H](C)C12C[C@@H]3C[C@H](CC(C(=O)O)(C3)C1)C2. The molecule has 0 heterocycles. The molecule has 0 aromatic rings. The van der Waals surface area contributed by atoms with Crippen LogP contribution in [0.15, 0.2) is 0 Å². The van der Waals surface area contributed by atoms with Gasteiger partial charge < -0.3 is 10.4 Å². The maximum absolute atomic E-state index is 11.8. The number of carbonyl (C=O) groups is 2. The average molecular weight is 265 g/mol. The summed E-state index contributed by atoms with van der Waals surface area (Å²) in [6.45, 7) is 3.61. The second-order valence-electron chi connectivity index (χ2n) is 7.33. The quantitative estimate of drug-likeness (QED) is 0.822. The molecule has 4 aliphatic carbocycles. The summed E-state index contributed by atoms with van der Waals surface area (Å²) in [5.41, 5.74) is -0.481. The lowest BCUT2D eigenvalue weighted by molar-refractivity contribution is -0.177. The van der Waals surface area contributed by atoms with E-state index in [9.17, 15) is 14.7 Å². The highest BCUT2D eigenvalue weighted by molar-refractivity contribution is 5.76. The molecule has 0 aromatic heterocycles. The van der Waals surface area contributed by atoms with E-state index < -0.39 is 11.4 Å². The predicted molar refractivity (Wildman–Crippen MR) is 70.5 cm³/mol. The molecule has 4 saturated carbocycles. The third kappa shape index (κ3) is 1.87. The normalized spacial score (nSPS) is 44.9. The van der Waals surface area contributed by atoms with Crippen molar-refractivity contribution in [1.82, 2.24) is 5.32 Å². The number of rotatable bonds is 3. The van der Waals surface area contributed by atoms with Gasteiger partial charge >= 0.3 is 5.97 Å². The highest BCUT2D eigenvalue weighted by atomic mass is 16.4. The molecule has 1 amide bonds. The number of aliphatic carboxylic acids is 1. The van der Waals surface area contributed by atoms with E-state index in [0.717, 1.165) is 32.1 Å². The molecule has 4 bridgehead atoms. The number of carbonyl (C=O) groups excluding carboxylic acids is 1. The Hall–Kier alpha value is -1.06. The van der Waals surface area contributed by atoms with Gasteiger partial charge in [-0.1, -0.05) is 0 Å². The molecular formula is C15H23NO3. The van der Waals surface area contributed by atoms with E-state index in [-0.39, 0.29) is 17.4 Å². The smallest absolute Gasteiger partial charge is 0.309 e. The van der Waals surface area contributed by atoms with Gasteiger partial charge in [0.15, 0.2) is 0 Å². The van der Waals surface area contributed by atoms with Gasteiger partial charge in [0.1, 0.15) is 0 Å². The van der Waals surface area contributed by atoms with Gasteiger partial charge in [0.25, 0.3) is 0 Å². The van der Waals surface area contributed by atoms with Crippen LogP contribution in [0, 0.1) is 22.7 Å². The topological polar surface area (TPSA) is 66.4 Å². The standard InChI is InChI=1S/C15H23NO3/c1-9(16-10(2)17)14-4-11-3-12(5-14)7-15(6-11,8-14)13(18)19/h9,11-12H,3-8H2,1-2H3,(H,16,17)(H,18,19)/t9-,11+,12+,14?,15?/m1/s1. The van der Waals surface area contributed by atoms with Crippen LogP contribution in [0.25, 0.3) is 0 Å². The first-order valence-corrected chi connectivity index (χ1v) is 7.36. The van der Waals surface area contributed by atoms with Gasteiger partial charge in [-0.15, -0.1) is 0 Å². The van der Waals surface area contributed by atoms with Gasteiger partial charge in [-0.05, 0) is 62.7 Å². The second kappa shape index (κ2) is 3.97. The van der Waals surface area contributed by atoms with E-state index in [2.05, 4.69) is 12.2 Å². The van der Waals surface area contributed by atoms with Crippen LogP contribution in [-0.2, 0) is 9.59 Å². The third-order valence-corrected chi connectivity index (χ3v) is 5.90. The lowest BCUT2D eigenvalue weighted by Gasteiger charge is -2.62. The lowest BCUT2D eigenvalue weighted by Crippen LogP contribution is -2.60. The highest BCUT2D eigenvalue weighted by Crippen LogP contribution is 2.66. The van der Waals surface area contributed by atoms with E-state index in [4.69, 9.17) is 0 Å². The molecule has 4 fully saturated rings. The Kier molecular flexibility index (Phi) is 2.70. The van der Waals surface area contributed by atoms with Crippen LogP contribution in [0.2, 0.25) is 0 Å². The van der Waals surface area contributed by atoms with Crippen molar-refractivity contribution in [2.45, 2.75) is 58.4 Å². The molecular weight excluding hydrogens is 242 g/mol. The Morgan fingerprint density at radius 1 is 1.21 bits per heavy atom. The molecule has 4 rings (SSSR count). The van der Waals surface area contributed by atoms with Crippen molar-refractivity contribution in [2.75, 3.05) is 0 Å². The van der Waals surface area contributed by atoms with E-state index >= 15 is 0 Å². The summed E-state index contributed by atoms with van der Waals surface area (Å²) in [6.07, 6.45) is 5.86. The number of nitrogens with one attached hydrogen (secondary N) is 1. The molecule has 0 aliphatic heterocycles. The first kappa shape index (κ1) is 12.9. The summed E-state index contributed by atoms with van der Waals surface area (Å²) in [5, 5.41) is 12.7. The van der Waals surface area contributed by atoms with Crippen molar-refractivity contribution < 1.29 is 14.7 Å². The Morgan fingerprint density at radius 3 is 2.26 bits per heavy atom. The molecule has 2 N–H and O–H groups in total. The van der Waals surface area contributed by atoms with Crippen molar-refractivity contribution >= 4 is 11.9 Å². The van der Waals surface area contributed by atoms with E-state index in [0.29, 0.717) is 11.8 Å². The minimum Gasteiger partial charge on any atom is -0.481 e. The lowest BCUT2D eigenvalue weighted by atomic mass is 9.43. The van der Waals surface area contributed by atoms with E-state index in [1.807, 2.05) is 0 Å². The molecule has 0 saturated heterocycles. The number of carboxylic acids is 1. The van der Waals surface area contributed by atoms with Crippen molar-refractivity contribution in [3.63, 3.8) is 0 Å². The molecule has 4 aliphatic rings. The minimum atomic E-state index is -0.610. The van der Waals surface area contributed by atoms with Gasteiger partial charge in [0.05, 0.1) is 5.41 Å². The fourth-order valence-corrected chi connectivity index (χ4v) is 5.55. The number of carboxylic acid groups (broad SMARTS) is 1. The van der Waals surface area contributed by atoms with Crippen molar-refractivity contribution in [1.29, 1.82) is 0 Å². The minimum absolute atomic E-state index is 0.00683. The fourth-order valence-electron chi connectivity index (χ4n) is 5.55. The maximum atomic E-state index is 11.8. The van der Waals surface area contributed by atoms with Gasteiger partial charge in [-0.3, -0.25) is 9.59 Å². The Morgan fingerprint density at radius 2 is 1.79 bits per heavy atom. The molecule has 19 heavy (non-hydrogen) atoms. The average Bonchev–Trinajstić information content (AvgIpc) is 2.25. The summed E-state index contributed by atoms with van der Waals surface area (Å²) in [6, 6.07) is 0.0922. The Labute approximate surface area is 113 Å². The molecule has 4 heteroatoms. The number of amides is 1. The van der Waals surface area contributed by atoms with Crippen LogP contribution in [0.3, 0.4) is 0 Å². The van der Waals surface area contributed by atoms with Crippen molar-refractivity contribution in [2.24, 2.45) is 22.7 Å². The van der Waals surface area contributed by atoms with Crippen LogP contribution >= 0.6 is 0 Å². The maximum Gasteiger partial charge on any atom is 0.309 e. The predicted octanol–water partition coefficient (Wildman–Crippen LogP) is 2.18. The molecule has 0 spiro atoms. The molecule has 4 nitrogen and oxygen atoms in total. The largest absolute Gasteiger partial charge is 0.481 e. The van der Waals surface area contributed by atoms with Gasteiger partial charge in [0.2, 0.25) is 5.91 Å². The van der Waals surface area contributed by atoms with Crippen LogP contribution in [0.4, 0.5) is 0 Å². The summed E-state index contributed by atoms with van der Waals surface area (Å²) >= 11 is 0. The van der Waals surface area contributed by atoms with Crippen LogP contribution in [0.1, 0.15) is 52.4 Å². The van der Waals surface area contributed by atoms with Gasteiger partial charge in [-0.25, -0.2) is 0 Å². The molecule has 0 aromatic carbocycles. The van der Waals surface area contributed by atoms with Crippen molar-refractivity contribution in [3.05, 3.63) is 0 Å². The highest BCUT2D eigenvalue weighted by Gasteiger charge is 2.62. The summed E-state index contributed by atoms with van der Waals surface area (Å²) in [4.78, 5) is 23.1. The van der Waals surface area contributed by atoms with Crippen LogP contribution < -0.4 is 5.32 Å². The first-order chi connectivity index (χ1) is 8.85. The van der Waals surface area contributed by atoms with Gasteiger partial charge in [-0.2, -0.15) is 0 Å². The van der Waals surface area contributed by atoms with Crippen LogP contribution in [0.5, 0.6) is 0 Å². The molecule has 106 valence electrons. The fraction of sp³-hybridized carbons (Fsp3) is 0.867. The first-order valence-electron chi connectivity index (χ1n) is 7.36. The van der Waals surface area contributed by atoms with E-state index in [1.54, 1.807) is 6.92 Å². The van der Waals surface area contributed by atoms with Gasteiger partial charge in [0, 0.05) is 13.0 Å². The number of hydrogen-bond donors (Lipinski definition) is 2. The third-order valence-electron chi connectivity index (χ3n) is 5.90. The summed E-state index contributed by atoms with van der Waals surface area (Å²) < 4.78 is 0. The monoisotopic (exact) mass is 265 g/mol. The Balaban J connectivity index is 1.91. The zero-order chi connectivity index (χ0) is 13.8. The zero-order valence-electron chi connectivity index (χ0n) is 11.7. The molecule has 3 atom stereocenters. The van der Waals surface area contributed by atoms with E-state index in [1.165, 1.54) is 6.42 Å². The van der Waals surface area contributed by atoms with Crippen LogP contribution in [-0.4, -0.2) is 23.0 Å². The molecule has 0 unspecified atom stereocenters. The summed E-state index contributed by atoms with van der Waals surface area (Å²) in [5.74, 6) is 0.482. The zero-order valence-corrected chi connectivity index (χ0v) is 11.7. The molecule has 0 radical (unpaired) electrons. The summed E-state index contributed by atoms with van der Waals surface area (Å²) in [7, 11) is 0. The van der Waals surface area contributed by atoms with Crippen molar-refractivity contribution in [3.8, 4) is 0 Å². The number of hydrogen-bond acceptors (Lipinski definition) is 2. The Bertz CT molecular complexity index is 417.